The van der Waals surface area contributed by atoms with E-state index in [1.54, 1.807) is 13.8 Å². The monoisotopic (exact) mass is 300 g/mol. The van der Waals surface area contributed by atoms with E-state index in [0.29, 0.717) is 29.7 Å². The Bertz CT molecular complexity index is 663. The minimum Gasteiger partial charge on any atom is -0.464 e. The van der Waals surface area contributed by atoms with Crippen LogP contribution in [0.2, 0.25) is 0 Å². The maximum atomic E-state index is 12.1. The molecular formula is C16H20N4O2. The fraction of sp³-hybridized carbons (Fsp3) is 0.312. The second-order valence-electron chi connectivity index (χ2n) is 4.93. The van der Waals surface area contributed by atoms with Crippen LogP contribution in [-0.4, -0.2) is 22.6 Å². The maximum absolute atomic E-state index is 12.1. The molecule has 2 rings (SSSR count). The van der Waals surface area contributed by atoms with Crippen LogP contribution in [0.4, 0.5) is 16.2 Å². The highest BCUT2D eigenvalue weighted by atomic mass is 16.5. The number of hydrogen-bond donors (Lipinski definition) is 2. The summed E-state index contributed by atoms with van der Waals surface area (Å²) in [6.07, 6.45) is 0. The van der Waals surface area contributed by atoms with Crippen LogP contribution in [0.15, 0.2) is 24.3 Å². The first-order valence-corrected chi connectivity index (χ1v) is 7.12. The number of rotatable bonds is 4. The Morgan fingerprint density at radius 3 is 2.41 bits per heavy atom. The molecule has 116 valence electrons. The van der Waals surface area contributed by atoms with Gasteiger partial charge in [0.15, 0.2) is 0 Å². The number of nitrogens with one attached hydrogen (secondary N) is 2. The molecule has 6 nitrogen and oxygen atoms in total. The molecule has 0 radical (unpaired) electrons. The van der Waals surface area contributed by atoms with Crippen molar-refractivity contribution < 1.29 is 9.53 Å². The van der Waals surface area contributed by atoms with Gasteiger partial charge in [-0.2, -0.15) is 9.97 Å². The summed E-state index contributed by atoms with van der Waals surface area (Å²) in [6, 6.07) is 7.58. The average molecular weight is 300 g/mol. The van der Waals surface area contributed by atoms with E-state index in [1.165, 1.54) is 0 Å². The third-order valence-electron chi connectivity index (χ3n) is 3.04. The average Bonchev–Trinajstić information content (AvgIpc) is 2.43. The lowest BCUT2D eigenvalue weighted by atomic mass is 10.2. The molecule has 2 amide bonds. The van der Waals surface area contributed by atoms with Gasteiger partial charge >= 0.3 is 12.0 Å². The number of benzene rings is 1. The Balaban J connectivity index is 2.11. The molecule has 1 aromatic heterocycles. The van der Waals surface area contributed by atoms with Crippen molar-refractivity contribution in [3.8, 4) is 6.01 Å². The van der Waals surface area contributed by atoms with Crippen LogP contribution in [0, 0.1) is 20.8 Å². The quantitative estimate of drug-likeness (QED) is 0.906. The van der Waals surface area contributed by atoms with Crippen LogP contribution in [0.1, 0.15) is 23.9 Å². The van der Waals surface area contributed by atoms with E-state index in [-0.39, 0.29) is 6.03 Å². The van der Waals surface area contributed by atoms with Crippen LogP contribution in [-0.2, 0) is 0 Å². The molecule has 2 aromatic rings. The Labute approximate surface area is 129 Å². The van der Waals surface area contributed by atoms with E-state index >= 15 is 0 Å². The molecule has 0 spiro atoms. The van der Waals surface area contributed by atoms with E-state index in [4.69, 9.17) is 4.74 Å². The van der Waals surface area contributed by atoms with Crippen LogP contribution in [0.25, 0.3) is 0 Å². The van der Waals surface area contributed by atoms with Crippen molar-refractivity contribution in [1.29, 1.82) is 0 Å². The van der Waals surface area contributed by atoms with Crippen molar-refractivity contribution in [2.75, 3.05) is 17.2 Å². The predicted octanol–water partition coefficient (Wildman–Crippen LogP) is 3.44. The van der Waals surface area contributed by atoms with Gasteiger partial charge in [-0.15, -0.1) is 0 Å². The minimum atomic E-state index is -0.329. The Hall–Kier alpha value is -2.63. The zero-order valence-electron chi connectivity index (χ0n) is 13.2. The summed E-state index contributed by atoms with van der Waals surface area (Å²) < 4.78 is 5.29. The molecule has 1 aromatic carbocycles. The molecule has 0 aliphatic rings. The van der Waals surface area contributed by atoms with Crippen molar-refractivity contribution in [3.63, 3.8) is 0 Å². The van der Waals surface area contributed by atoms with Crippen LogP contribution < -0.4 is 15.4 Å². The van der Waals surface area contributed by atoms with Gasteiger partial charge in [-0.1, -0.05) is 12.1 Å². The summed E-state index contributed by atoms with van der Waals surface area (Å²) in [5.74, 6) is 0. The zero-order chi connectivity index (χ0) is 16.1. The minimum absolute atomic E-state index is 0.321. The largest absolute Gasteiger partial charge is 0.464 e. The Morgan fingerprint density at radius 1 is 1.14 bits per heavy atom. The molecule has 2 N–H and O–H groups in total. The van der Waals surface area contributed by atoms with Crippen LogP contribution in [0.3, 0.4) is 0 Å². The number of nitrogens with zero attached hydrogens (tertiary/aromatic N) is 2. The smallest absolute Gasteiger partial charge is 0.323 e. The van der Waals surface area contributed by atoms with E-state index in [0.717, 1.165) is 11.3 Å². The van der Waals surface area contributed by atoms with E-state index in [2.05, 4.69) is 20.6 Å². The number of amides is 2. The van der Waals surface area contributed by atoms with E-state index in [9.17, 15) is 4.79 Å². The first kappa shape index (κ1) is 15.8. The number of urea groups is 1. The molecule has 0 bridgehead atoms. The van der Waals surface area contributed by atoms with Gasteiger partial charge in [0.25, 0.3) is 0 Å². The van der Waals surface area contributed by atoms with Gasteiger partial charge < -0.3 is 15.4 Å². The van der Waals surface area contributed by atoms with Gasteiger partial charge in [0, 0.05) is 5.69 Å². The standard InChI is InChI=1S/C16H20N4O2/c1-5-22-16-17-11(3)14(12(4)18-16)20-15(21)19-13-8-6-7-10(2)9-13/h6-9H,5H2,1-4H3,(H2,19,20,21). The molecular weight excluding hydrogens is 280 g/mol. The first-order chi connectivity index (χ1) is 10.5. The third-order valence-corrected chi connectivity index (χ3v) is 3.04. The van der Waals surface area contributed by atoms with E-state index < -0.39 is 0 Å². The van der Waals surface area contributed by atoms with Gasteiger partial charge in [0.2, 0.25) is 0 Å². The number of aryl methyl sites for hydroxylation is 3. The second-order valence-corrected chi connectivity index (χ2v) is 4.93. The summed E-state index contributed by atoms with van der Waals surface area (Å²) in [4.78, 5) is 20.5. The number of anilines is 2. The summed E-state index contributed by atoms with van der Waals surface area (Å²) in [5.41, 5.74) is 3.73. The Kier molecular flexibility index (Phi) is 4.93. The molecule has 0 saturated carbocycles. The molecule has 22 heavy (non-hydrogen) atoms. The van der Waals surface area contributed by atoms with Gasteiger partial charge in [0.05, 0.1) is 23.7 Å². The predicted molar refractivity (Wildman–Crippen MR) is 86.5 cm³/mol. The lowest BCUT2D eigenvalue weighted by Crippen LogP contribution is -2.21. The number of hydrogen-bond acceptors (Lipinski definition) is 4. The molecule has 0 aliphatic carbocycles. The fourth-order valence-corrected chi connectivity index (χ4v) is 2.06. The molecule has 0 atom stereocenters. The van der Waals surface area contributed by atoms with Gasteiger partial charge in [0.1, 0.15) is 0 Å². The van der Waals surface area contributed by atoms with Crippen molar-refractivity contribution in [1.82, 2.24) is 9.97 Å². The highest BCUT2D eigenvalue weighted by Gasteiger charge is 2.12. The zero-order valence-corrected chi connectivity index (χ0v) is 13.2. The lowest BCUT2D eigenvalue weighted by molar-refractivity contribution is 0.262. The van der Waals surface area contributed by atoms with Crippen LogP contribution in [0.5, 0.6) is 6.01 Å². The normalized spacial score (nSPS) is 10.2. The van der Waals surface area contributed by atoms with Gasteiger partial charge in [-0.3, -0.25) is 0 Å². The number of carbonyl (C=O) groups is 1. The Morgan fingerprint density at radius 2 is 1.82 bits per heavy atom. The van der Waals surface area contributed by atoms with Gasteiger partial charge in [-0.25, -0.2) is 4.79 Å². The summed E-state index contributed by atoms with van der Waals surface area (Å²) >= 11 is 0. The van der Waals surface area contributed by atoms with Crippen molar-refractivity contribution >= 4 is 17.4 Å². The molecule has 0 aliphatic heterocycles. The SMILES string of the molecule is CCOc1nc(C)c(NC(=O)Nc2cccc(C)c2)c(C)n1. The molecule has 0 unspecified atom stereocenters. The molecule has 0 fully saturated rings. The number of aromatic nitrogens is 2. The lowest BCUT2D eigenvalue weighted by Gasteiger charge is -2.13. The summed E-state index contributed by atoms with van der Waals surface area (Å²) in [6.45, 7) is 7.95. The molecule has 1 heterocycles. The number of carbonyl (C=O) groups excluding carboxylic acids is 1. The first-order valence-electron chi connectivity index (χ1n) is 7.12. The maximum Gasteiger partial charge on any atom is 0.323 e. The van der Waals surface area contributed by atoms with Crippen LogP contribution >= 0.6 is 0 Å². The van der Waals surface area contributed by atoms with Crippen molar-refractivity contribution in [2.45, 2.75) is 27.7 Å². The molecule has 6 heteroatoms. The topological polar surface area (TPSA) is 76.1 Å². The number of ether oxygens (including phenoxy) is 1. The second kappa shape index (κ2) is 6.89. The summed E-state index contributed by atoms with van der Waals surface area (Å²) in [5, 5.41) is 5.57. The molecule has 0 saturated heterocycles. The highest BCUT2D eigenvalue weighted by Crippen LogP contribution is 2.20. The fourth-order valence-electron chi connectivity index (χ4n) is 2.06. The van der Waals surface area contributed by atoms with Gasteiger partial charge in [-0.05, 0) is 45.4 Å². The van der Waals surface area contributed by atoms with Crippen molar-refractivity contribution in [2.24, 2.45) is 0 Å². The van der Waals surface area contributed by atoms with E-state index in [1.807, 2.05) is 38.1 Å². The highest BCUT2D eigenvalue weighted by molar-refractivity contribution is 6.00. The third kappa shape index (κ3) is 3.94. The summed E-state index contributed by atoms with van der Waals surface area (Å²) in [7, 11) is 0. The van der Waals surface area contributed by atoms with Crippen molar-refractivity contribution in [3.05, 3.63) is 41.2 Å².